The van der Waals surface area contributed by atoms with Crippen molar-refractivity contribution in [1.29, 1.82) is 0 Å². The van der Waals surface area contributed by atoms with Gasteiger partial charge in [-0.3, -0.25) is 9.69 Å². The van der Waals surface area contributed by atoms with Gasteiger partial charge < -0.3 is 10.1 Å². The van der Waals surface area contributed by atoms with Crippen LogP contribution in [0.2, 0.25) is 5.02 Å². The average molecular weight is 373 g/mol. The van der Waals surface area contributed by atoms with Gasteiger partial charge in [-0.1, -0.05) is 41.9 Å². The Morgan fingerprint density at radius 3 is 2.46 bits per heavy atom. The lowest BCUT2D eigenvalue weighted by Gasteiger charge is -2.21. The van der Waals surface area contributed by atoms with Crippen molar-refractivity contribution in [2.24, 2.45) is 0 Å². The number of ether oxygens (including phenoxy) is 1. The zero-order valence-corrected chi connectivity index (χ0v) is 15.3. The van der Waals surface area contributed by atoms with Crippen molar-refractivity contribution < 1.29 is 14.3 Å². The molecule has 3 amide bonds. The first kappa shape index (κ1) is 18.3. The van der Waals surface area contributed by atoms with Crippen LogP contribution in [-0.2, 0) is 11.2 Å². The number of carbonyl (C=O) groups is 2. The molecule has 1 aliphatic heterocycles. The molecule has 0 radical (unpaired) electrons. The molecule has 1 heterocycles. The zero-order valence-electron chi connectivity index (χ0n) is 14.6. The maximum atomic E-state index is 12.7. The van der Waals surface area contributed by atoms with Crippen LogP contribution in [0.1, 0.15) is 18.9 Å². The number of amides is 3. The fourth-order valence-electron chi connectivity index (χ4n) is 2.94. The molecule has 0 aliphatic carbocycles. The number of nitrogens with one attached hydrogen (secondary N) is 1. The summed E-state index contributed by atoms with van der Waals surface area (Å²) in [7, 11) is 0. The Morgan fingerprint density at radius 2 is 1.77 bits per heavy atom. The number of urea groups is 1. The molecular weight excluding hydrogens is 352 g/mol. The third-order valence-electron chi connectivity index (χ3n) is 4.50. The van der Waals surface area contributed by atoms with Crippen LogP contribution in [0.15, 0.2) is 54.6 Å². The van der Waals surface area contributed by atoms with Crippen molar-refractivity contribution >= 4 is 23.5 Å². The molecule has 0 saturated carbocycles. The van der Waals surface area contributed by atoms with E-state index in [0.717, 1.165) is 12.0 Å². The Hall–Kier alpha value is -2.53. The summed E-state index contributed by atoms with van der Waals surface area (Å²) in [5.41, 5.74) is 0.257. The number of nitrogens with zero attached hydrogens (tertiary/aromatic N) is 1. The predicted molar refractivity (Wildman–Crippen MR) is 100 cm³/mol. The van der Waals surface area contributed by atoms with Crippen LogP contribution in [0.4, 0.5) is 4.79 Å². The molecule has 2 aromatic carbocycles. The van der Waals surface area contributed by atoms with Gasteiger partial charge in [0.05, 0.1) is 6.54 Å². The fraction of sp³-hybridized carbons (Fsp3) is 0.300. The second-order valence-electron chi connectivity index (χ2n) is 6.51. The summed E-state index contributed by atoms with van der Waals surface area (Å²) >= 11 is 5.83. The van der Waals surface area contributed by atoms with Gasteiger partial charge in [-0.05, 0) is 49.6 Å². The van der Waals surface area contributed by atoms with E-state index >= 15 is 0 Å². The minimum Gasteiger partial charge on any atom is -0.492 e. The smallest absolute Gasteiger partial charge is 0.325 e. The molecular formula is C20H21ClN2O3. The molecule has 0 unspecified atom stereocenters. The Morgan fingerprint density at radius 1 is 1.08 bits per heavy atom. The van der Waals surface area contributed by atoms with Crippen molar-refractivity contribution in [2.75, 3.05) is 13.2 Å². The van der Waals surface area contributed by atoms with Gasteiger partial charge in [0, 0.05) is 5.02 Å². The molecule has 1 N–H and O–H groups in total. The summed E-state index contributed by atoms with van der Waals surface area (Å²) in [6, 6.07) is 16.5. The van der Waals surface area contributed by atoms with E-state index in [1.165, 1.54) is 4.90 Å². The first-order valence-corrected chi connectivity index (χ1v) is 8.92. The fourth-order valence-corrected chi connectivity index (χ4v) is 3.07. The van der Waals surface area contributed by atoms with Crippen LogP contribution < -0.4 is 10.1 Å². The van der Waals surface area contributed by atoms with E-state index in [-0.39, 0.29) is 25.1 Å². The summed E-state index contributed by atoms with van der Waals surface area (Å²) < 4.78 is 5.58. The first-order chi connectivity index (χ1) is 12.5. The normalized spacial score (nSPS) is 19.5. The largest absolute Gasteiger partial charge is 0.492 e. The second kappa shape index (κ2) is 7.79. The van der Waals surface area contributed by atoms with Gasteiger partial charge in [0.2, 0.25) is 0 Å². The number of imide groups is 1. The Balaban J connectivity index is 1.54. The molecule has 26 heavy (non-hydrogen) atoms. The van der Waals surface area contributed by atoms with E-state index in [2.05, 4.69) is 5.32 Å². The molecule has 1 atom stereocenters. The predicted octanol–water partition coefficient (Wildman–Crippen LogP) is 3.66. The van der Waals surface area contributed by atoms with Crippen molar-refractivity contribution in [3.8, 4) is 5.75 Å². The van der Waals surface area contributed by atoms with E-state index in [1.807, 2.05) is 30.3 Å². The quantitative estimate of drug-likeness (QED) is 0.754. The number of carbonyl (C=O) groups excluding carboxylic acids is 2. The van der Waals surface area contributed by atoms with Crippen LogP contribution in [0, 0.1) is 0 Å². The van der Waals surface area contributed by atoms with E-state index in [1.54, 1.807) is 31.2 Å². The number of hydrogen-bond acceptors (Lipinski definition) is 3. The summed E-state index contributed by atoms with van der Waals surface area (Å²) in [5, 5.41) is 3.45. The minimum absolute atomic E-state index is 0.203. The Bertz CT molecular complexity index is 779. The van der Waals surface area contributed by atoms with Crippen LogP contribution in [0.5, 0.6) is 5.75 Å². The molecule has 1 saturated heterocycles. The standard InChI is InChI=1S/C20H21ClN2O3/c1-20(12-11-15-5-3-2-4-6-15)18(24)23(19(25)22-20)13-14-26-17-9-7-16(21)8-10-17/h2-10H,11-14H2,1H3,(H,22,25)/t20-/m0/s1. The van der Waals surface area contributed by atoms with Crippen molar-refractivity contribution in [1.82, 2.24) is 10.2 Å². The SMILES string of the molecule is C[C@@]1(CCc2ccccc2)NC(=O)N(CCOc2ccc(Cl)cc2)C1=O. The zero-order chi connectivity index (χ0) is 18.6. The van der Waals surface area contributed by atoms with Gasteiger partial charge in [-0.25, -0.2) is 4.79 Å². The van der Waals surface area contributed by atoms with Crippen LogP contribution in [-0.4, -0.2) is 35.5 Å². The van der Waals surface area contributed by atoms with Gasteiger partial charge >= 0.3 is 6.03 Å². The van der Waals surface area contributed by atoms with E-state index in [9.17, 15) is 9.59 Å². The molecule has 136 valence electrons. The van der Waals surface area contributed by atoms with Gasteiger partial charge in [0.1, 0.15) is 17.9 Å². The maximum absolute atomic E-state index is 12.7. The first-order valence-electron chi connectivity index (χ1n) is 8.54. The highest BCUT2D eigenvalue weighted by Gasteiger charge is 2.47. The van der Waals surface area contributed by atoms with Gasteiger partial charge in [0.15, 0.2) is 0 Å². The van der Waals surface area contributed by atoms with Gasteiger partial charge in [-0.2, -0.15) is 0 Å². The van der Waals surface area contributed by atoms with Crippen LogP contribution >= 0.6 is 11.6 Å². The third kappa shape index (κ3) is 4.17. The van der Waals surface area contributed by atoms with Crippen LogP contribution in [0.3, 0.4) is 0 Å². The highest BCUT2D eigenvalue weighted by Crippen LogP contribution is 2.23. The van der Waals surface area contributed by atoms with Crippen molar-refractivity contribution in [3.05, 3.63) is 65.2 Å². The number of aryl methyl sites for hydroxylation is 1. The number of benzene rings is 2. The molecule has 1 aliphatic rings. The Labute approximate surface area is 157 Å². The second-order valence-corrected chi connectivity index (χ2v) is 6.94. The van der Waals surface area contributed by atoms with Crippen molar-refractivity contribution in [2.45, 2.75) is 25.3 Å². The van der Waals surface area contributed by atoms with Gasteiger partial charge in [0.25, 0.3) is 5.91 Å². The molecule has 5 nitrogen and oxygen atoms in total. The van der Waals surface area contributed by atoms with Gasteiger partial charge in [-0.15, -0.1) is 0 Å². The van der Waals surface area contributed by atoms with E-state index in [0.29, 0.717) is 17.2 Å². The molecule has 0 aromatic heterocycles. The summed E-state index contributed by atoms with van der Waals surface area (Å²) in [6.45, 7) is 2.21. The summed E-state index contributed by atoms with van der Waals surface area (Å²) in [6.07, 6.45) is 1.27. The maximum Gasteiger partial charge on any atom is 0.325 e. The summed E-state index contributed by atoms with van der Waals surface area (Å²) in [5.74, 6) is 0.437. The molecule has 2 aromatic rings. The van der Waals surface area contributed by atoms with E-state index in [4.69, 9.17) is 16.3 Å². The monoisotopic (exact) mass is 372 g/mol. The number of rotatable bonds is 7. The lowest BCUT2D eigenvalue weighted by atomic mass is 9.93. The summed E-state index contributed by atoms with van der Waals surface area (Å²) in [4.78, 5) is 26.2. The number of hydrogen-bond donors (Lipinski definition) is 1. The van der Waals surface area contributed by atoms with Crippen molar-refractivity contribution in [3.63, 3.8) is 0 Å². The number of halogens is 1. The highest BCUT2D eigenvalue weighted by molar-refractivity contribution is 6.30. The molecule has 0 spiro atoms. The minimum atomic E-state index is -0.882. The highest BCUT2D eigenvalue weighted by atomic mass is 35.5. The van der Waals surface area contributed by atoms with Crippen LogP contribution in [0.25, 0.3) is 0 Å². The molecule has 1 fully saturated rings. The average Bonchev–Trinajstić information content (AvgIpc) is 2.86. The Kier molecular flexibility index (Phi) is 5.47. The lowest BCUT2D eigenvalue weighted by molar-refractivity contribution is -0.131. The molecule has 0 bridgehead atoms. The topological polar surface area (TPSA) is 58.6 Å². The molecule has 3 rings (SSSR count). The molecule has 6 heteroatoms. The third-order valence-corrected chi connectivity index (χ3v) is 4.75. The van der Waals surface area contributed by atoms with E-state index < -0.39 is 5.54 Å². The lowest BCUT2D eigenvalue weighted by Crippen LogP contribution is -2.44.